The molecule has 3 aliphatic heterocycles. The number of amides is 3. The maximum Gasteiger partial charge on any atom is 0.419 e. The highest BCUT2D eigenvalue weighted by atomic mass is 16.2. The summed E-state index contributed by atoms with van der Waals surface area (Å²) in [6.45, 7) is 4.32. The van der Waals surface area contributed by atoms with E-state index in [9.17, 15) is 14.4 Å². The molecule has 1 unspecified atom stereocenters. The van der Waals surface area contributed by atoms with Crippen LogP contribution in [0.4, 0.5) is 5.69 Å². The number of piperazine rings is 1. The van der Waals surface area contributed by atoms with E-state index in [1.54, 1.807) is 10.8 Å². The summed E-state index contributed by atoms with van der Waals surface area (Å²) in [7, 11) is 0. The van der Waals surface area contributed by atoms with Crippen LogP contribution in [0.15, 0.2) is 18.2 Å². The maximum absolute atomic E-state index is 12.6. The lowest BCUT2D eigenvalue weighted by Crippen LogP contribution is -2.43. The lowest BCUT2D eigenvalue weighted by atomic mass is 9.99. The monoisotopic (exact) mass is 341 g/mol. The Labute approximate surface area is 145 Å². The molecule has 0 aromatic heterocycles. The first-order valence-corrected chi connectivity index (χ1v) is 8.70. The van der Waals surface area contributed by atoms with Gasteiger partial charge < -0.3 is 10.2 Å². The maximum atomic E-state index is 12.6. The summed E-state index contributed by atoms with van der Waals surface area (Å²) >= 11 is 0. The van der Waals surface area contributed by atoms with Gasteiger partial charge in [0.2, 0.25) is 11.8 Å². The van der Waals surface area contributed by atoms with Gasteiger partial charge in [0.05, 0.1) is 0 Å². The van der Waals surface area contributed by atoms with Crippen LogP contribution in [0.3, 0.4) is 0 Å². The lowest BCUT2D eigenvalue weighted by molar-refractivity contribution is -0.434. The Hall–Kier alpha value is -2.54. The second-order valence-electron chi connectivity index (χ2n) is 6.72. The number of carbonyl (C=O) groups excluding carboxylic acids is 3. The molecule has 3 aliphatic rings. The van der Waals surface area contributed by atoms with E-state index in [-0.39, 0.29) is 17.7 Å². The smallest absolute Gasteiger partial charge is 0.369 e. The Morgan fingerprint density at radius 2 is 1.96 bits per heavy atom. The molecule has 25 heavy (non-hydrogen) atoms. The van der Waals surface area contributed by atoms with Gasteiger partial charge in [-0.05, 0) is 24.6 Å². The zero-order chi connectivity index (χ0) is 17.4. The van der Waals surface area contributed by atoms with Crippen LogP contribution in [-0.4, -0.2) is 54.7 Å². The number of hydrogen-bond donors (Lipinski definition) is 2. The van der Waals surface area contributed by atoms with Crippen LogP contribution in [0.1, 0.15) is 28.8 Å². The third-order valence-electron chi connectivity index (χ3n) is 5.04. The van der Waals surface area contributed by atoms with Gasteiger partial charge in [0.15, 0.2) is 12.8 Å². The fourth-order valence-corrected chi connectivity index (χ4v) is 3.64. The zero-order valence-corrected chi connectivity index (χ0v) is 14.0. The molecule has 130 valence electrons. The number of nitrogens with zero attached hydrogens (tertiary/aromatic N) is 2. The first kappa shape index (κ1) is 16.0. The van der Waals surface area contributed by atoms with E-state index in [2.05, 4.69) is 21.6 Å². The van der Waals surface area contributed by atoms with Crippen LogP contribution >= 0.6 is 0 Å². The summed E-state index contributed by atoms with van der Waals surface area (Å²) in [5.74, 6) is -1.07. The number of carbonyl (C=O) groups is 3. The number of rotatable bonds is 2. The second-order valence-corrected chi connectivity index (χ2v) is 6.72. The Kier molecular flexibility index (Phi) is 4.09. The average molecular weight is 341 g/mol. The van der Waals surface area contributed by atoms with Gasteiger partial charge in [-0.2, -0.15) is 4.58 Å². The number of anilines is 1. The van der Waals surface area contributed by atoms with Crippen molar-refractivity contribution in [3.05, 3.63) is 29.3 Å². The quantitative estimate of drug-likeness (QED) is 0.579. The van der Waals surface area contributed by atoms with Crippen molar-refractivity contribution in [3.63, 3.8) is 0 Å². The zero-order valence-electron chi connectivity index (χ0n) is 14.0. The van der Waals surface area contributed by atoms with Gasteiger partial charge >= 0.3 is 5.91 Å². The van der Waals surface area contributed by atoms with Gasteiger partial charge in [-0.1, -0.05) is 0 Å². The van der Waals surface area contributed by atoms with Crippen LogP contribution in [0.25, 0.3) is 0 Å². The molecule has 0 spiro atoms. The molecule has 2 saturated heterocycles. The minimum atomic E-state index is -0.427. The lowest BCUT2D eigenvalue weighted by Gasteiger charge is -2.29. The summed E-state index contributed by atoms with van der Waals surface area (Å²) < 4.78 is 1.60. The highest BCUT2D eigenvalue weighted by Gasteiger charge is 2.36. The molecule has 0 radical (unpaired) electrons. The minimum Gasteiger partial charge on any atom is -0.369 e. The van der Waals surface area contributed by atoms with Crippen LogP contribution in [0, 0.1) is 5.92 Å². The van der Waals surface area contributed by atoms with E-state index >= 15 is 0 Å². The Bertz CT molecular complexity index is 781. The molecule has 0 bridgehead atoms. The Balaban J connectivity index is 1.55. The van der Waals surface area contributed by atoms with E-state index in [0.717, 1.165) is 37.4 Å². The van der Waals surface area contributed by atoms with Crippen molar-refractivity contribution < 1.29 is 19.0 Å². The summed E-state index contributed by atoms with van der Waals surface area (Å²) in [5.41, 5.74) is 2.82. The molecule has 4 rings (SSSR count). The van der Waals surface area contributed by atoms with Crippen molar-refractivity contribution in [2.75, 3.05) is 31.1 Å². The number of nitrogens with one attached hydrogen (secondary N) is 2. The molecule has 1 aromatic carbocycles. The average Bonchev–Trinajstić information content (AvgIpc) is 2.93. The summed E-state index contributed by atoms with van der Waals surface area (Å²) in [5, 5.41) is 5.66. The SMILES string of the molecule is O=C1CCC(C=[N+]2Cc3cc(N4CCNCC4)ccc3C2=O)C(=O)N1. The molecule has 1 atom stereocenters. The highest BCUT2D eigenvalue weighted by molar-refractivity contribution is 6.05. The first-order valence-electron chi connectivity index (χ1n) is 8.70. The standard InChI is InChI=1S/C18H20N4O3/c23-16-4-1-12(17(24)20-16)10-22-11-13-9-14(2-3-15(13)18(22)25)21-7-5-19-6-8-21/h2-3,9-10,12,19H,1,4-8,11H2/p+1. The predicted molar refractivity (Wildman–Crippen MR) is 91.8 cm³/mol. The molecular weight excluding hydrogens is 320 g/mol. The minimum absolute atomic E-state index is 0.0773. The van der Waals surface area contributed by atoms with E-state index in [1.807, 2.05) is 12.1 Å². The van der Waals surface area contributed by atoms with Crippen molar-refractivity contribution in [3.8, 4) is 0 Å². The molecule has 7 heteroatoms. The largest absolute Gasteiger partial charge is 0.419 e. The van der Waals surface area contributed by atoms with Crippen LogP contribution in [0.2, 0.25) is 0 Å². The summed E-state index contributed by atoms with van der Waals surface area (Å²) in [6, 6.07) is 5.96. The number of benzene rings is 1. The number of imide groups is 1. The Morgan fingerprint density at radius 1 is 1.16 bits per heavy atom. The van der Waals surface area contributed by atoms with Crippen LogP contribution in [-0.2, 0) is 16.1 Å². The van der Waals surface area contributed by atoms with Gasteiger partial charge in [0.25, 0.3) is 0 Å². The van der Waals surface area contributed by atoms with Crippen molar-refractivity contribution in [1.82, 2.24) is 10.6 Å². The molecule has 3 amide bonds. The number of hydrogen-bond acceptors (Lipinski definition) is 5. The number of piperidine rings is 1. The van der Waals surface area contributed by atoms with Crippen LogP contribution < -0.4 is 15.5 Å². The van der Waals surface area contributed by atoms with Gasteiger partial charge in [-0.25, -0.2) is 4.79 Å². The van der Waals surface area contributed by atoms with Crippen molar-refractivity contribution >= 4 is 29.6 Å². The predicted octanol–water partition coefficient (Wildman–Crippen LogP) is -0.114. The molecule has 1 aromatic rings. The van der Waals surface area contributed by atoms with E-state index in [1.165, 1.54) is 0 Å². The van der Waals surface area contributed by atoms with E-state index in [0.29, 0.717) is 24.9 Å². The van der Waals surface area contributed by atoms with Gasteiger partial charge in [0, 0.05) is 43.9 Å². The number of fused-ring (bicyclic) bond motifs is 1. The normalized spacial score (nSPS) is 25.3. The van der Waals surface area contributed by atoms with Gasteiger partial charge in [-0.15, -0.1) is 0 Å². The van der Waals surface area contributed by atoms with Crippen molar-refractivity contribution in [2.24, 2.45) is 5.92 Å². The van der Waals surface area contributed by atoms with E-state index in [4.69, 9.17) is 0 Å². The third-order valence-corrected chi connectivity index (χ3v) is 5.04. The van der Waals surface area contributed by atoms with Gasteiger partial charge in [0.1, 0.15) is 11.5 Å². The van der Waals surface area contributed by atoms with Gasteiger partial charge in [-0.3, -0.25) is 14.9 Å². The topological polar surface area (TPSA) is 81.5 Å². The molecule has 2 N–H and O–H groups in total. The van der Waals surface area contributed by atoms with Crippen molar-refractivity contribution in [1.29, 1.82) is 0 Å². The Morgan fingerprint density at radius 3 is 2.72 bits per heavy atom. The first-order chi connectivity index (χ1) is 12.1. The second kappa shape index (κ2) is 6.40. The summed E-state index contributed by atoms with van der Waals surface area (Å²) in [4.78, 5) is 38.1. The summed E-state index contributed by atoms with van der Waals surface area (Å²) in [6.07, 6.45) is 2.44. The fraction of sp³-hybridized carbons (Fsp3) is 0.444. The molecule has 3 heterocycles. The highest BCUT2D eigenvalue weighted by Crippen LogP contribution is 2.26. The van der Waals surface area contributed by atoms with Crippen molar-refractivity contribution in [2.45, 2.75) is 19.4 Å². The molecular formula is C18H21N4O3+. The fourth-order valence-electron chi connectivity index (χ4n) is 3.64. The van der Waals surface area contributed by atoms with E-state index < -0.39 is 5.92 Å². The third kappa shape index (κ3) is 3.07. The van der Waals surface area contributed by atoms with Crippen LogP contribution in [0.5, 0.6) is 0 Å². The molecule has 0 saturated carbocycles. The molecule has 2 fully saturated rings. The molecule has 7 nitrogen and oxygen atoms in total. The molecule has 0 aliphatic carbocycles.